The molecule has 31 heavy (non-hydrogen) atoms. The van der Waals surface area contributed by atoms with E-state index in [0.29, 0.717) is 21.3 Å². The van der Waals surface area contributed by atoms with E-state index in [1.165, 1.54) is 25.5 Å². The fraction of sp³-hybridized carbons (Fsp3) is 0.0870. The molecule has 2 N–H and O–H groups in total. The molecular weight excluding hydrogens is 464 g/mol. The first kappa shape index (κ1) is 22.0. The molecule has 8 heteroatoms. The third kappa shape index (κ3) is 5.49. The molecule has 0 aliphatic heterocycles. The highest BCUT2D eigenvalue weighted by molar-refractivity contribution is 9.10. The van der Waals surface area contributed by atoms with Gasteiger partial charge in [-0.2, -0.15) is 5.10 Å². The van der Waals surface area contributed by atoms with Gasteiger partial charge in [-0.1, -0.05) is 29.8 Å². The van der Waals surface area contributed by atoms with Crippen LogP contribution >= 0.6 is 15.9 Å². The summed E-state index contributed by atoms with van der Waals surface area (Å²) in [6, 6.07) is 16.4. The second-order valence-corrected chi connectivity index (χ2v) is 7.36. The van der Waals surface area contributed by atoms with Crippen LogP contribution in [0.25, 0.3) is 0 Å². The van der Waals surface area contributed by atoms with Crippen molar-refractivity contribution in [2.45, 2.75) is 6.92 Å². The van der Waals surface area contributed by atoms with Crippen LogP contribution in [0.5, 0.6) is 17.2 Å². The molecule has 1 amide bonds. The van der Waals surface area contributed by atoms with E-state index in [9.17, 15) is 14.7 Å². The van der Waals surface area contributed by atoms with E-state index < -0.39 is 11.9 Å². The van der Waals surface area contributed by atoms with Crippen molar-refractivity contribution in [3.05, 3.63) is 87.4 Å². The zero-order valence-electron chi connectivity index (χ0n) is 16.8. The maximum atomic E-state index is 12.4. The molecule has 158 valence electrons. The molecule has 0 atom stereocenters. The molecule has 0 aliphatic rings. The standard InChI is InChI=1S/C23H19BrN2O5/c1-14-7-9-16(10-8-14)23(29)31-21-18(24)11-15(12-20(21)30-2)13-25-26-22(28)17-5-3-4-6-19(17)27/h3-13,27H,1-2H3,(H,26,28)/b25-13-. The summed E-state index contributed by atoms with van der Waals surface area (Å²) >= 11 is 3.38. The van der Waals surface area contributed by atoms with E-state index in [1.807, 2.05) is 19.1 Å². The van der Waals surface area contributed by atoms with Gasteiger partial charge in [0.15, 0.2) is 11.5 Å². The van der Waals surface area contributed by atoms with Crippen LogP contribution in [0.15, 0.2) is 70.2 Å². The fourth-order valence-corrected chi connectivity index (χ4v) is 3.19. The number of aromatic hydroxyl groups is 1. The third-order valence-corrected chi connectivity index (χ3v) is 4.85. The Morgan fingerprint density at radius 2 is 1.81 bits per heavy atom. The number of para-hydroxylation sites is 1. The lowest BCUT2D eigenvalue weighted by molar-refractivity contribution is 0.0728. The van der Waals surface area contributed by atoms with Crippen LogP contribution in [0.4, 0.5) is 0 Å². The number of methoxy groups -OCH3 is 1. The highest BCUT2D eigenvalue weighted by atomic mass is 79.9. The van der Waals surface area contributed by atoms with Crippen molar-refractivity contribution in [3.8, 4) is 17.2 Å². The van der Waals surface area contributed by atoms with E-state index in [1.54, 1.807) is 36.4 Å². The van der Waals surface area contributed by atoms with Crippen LogP contribution in [0, 0.1) is 6.92 Å². The van der Waals surface area contributed by atoms with Crippen molar-refractivity contribution in [1.82, 2.24) is 5.43 Å². The summed E-state index contributed by atoms with van der Waals surface area (Å²) in [6.45, 7) is 1.93. The molecule has 0 bridgehead atoms. The number of carbonyl (C=O) groups excluding carboxylic acids is 2. The fourth-order valence-electron chi connectivity index (χ4n) is 2.65. The van der Waals surface area contributed by atoms with Gasteiger partial charge in [0, 0.05) is 0 Å². The van der Waals surface area contributed by atoms with E-state index in [-0.39, 0.29) is 17.1 Å². The number of rotatable bonds is 6. The number of carbonyl (C=O) groups is 2. The minimum absolute atomic E-state index is 0.108. The molecule has 0 saturated heterocycles. The second-order valence-electron chi connectivity index (χ2n) is 6.51. The number of hydrogen-bond acceptors (Lipinski definition) is 6. The molecule has 0 saturated carbocycles. The topological polar surface area (TPSA) is 97.2 Å². The zero-order valence-corrected chi connectivity index (χ0v) is 18.3. The number of phenolic OH excluding ortho intramolecular Hbond substituents is 1. The Kier molecular flexibility index (Phi) is 7.04. The summed E-state index contributed by atoms with van der Waals surface area (Å²) in [6.07, 6.45) is 1.40. The average Bonchev–Trinajstić information content (AvgIpc) is 2.76. The van der Waals surface area contributed by atoms with Crippen molar-refractivity contribution in [1.29, 1.82) is 0 Å². The van der Waals surface area contributed by atoms with Crippen molar-refractivity contribution < 1.29 is 24.2 Å². The molecule has 0 heterocycles. The van der Waals surface area contributed by atoms with Gasteiger partial charge < -0.3 is 14.6 Å². The first-order chi connectivity index (χ1) is 14.9. The van der Waals surface area contributed by atoms with Gasteiger partial charge in [-0.15, -0.1) is 0 Å². The Labute approximate surface area is 187 Å². The number of nitrogens with zero attached hydrogens (tertiary/aromatic N) is 1. The number of amides is 1. The number of halogens is 1. The van der Waals surface area contributed by atoms with Crippen molar-refractivity contribution in [2.24, 2.45) is 5.10 Å². The van der Waals surface area contributed by atoms with Crippen molar-refractivity contribution >= 4 is 34.0 Å². The highest BCUT2D eigenvalue weighted by Gasteiger charge is 2.17. The normalized spacial score (nSPS) is 10.7. The number of benzene rings is 3. The maximum absolute atomic E-state index is 12.4. The smallest absolute Gasteiger partial charge is 0.343 e. The maximum Gasteiger partial charge on any atom is 0.343 e. The molecular formula is C23H19BrN2O5. The largest absolute Gasteiger partial charge is 0.507 e. The van der Waals surface area contributed by atoms with Gasteiger partial charge >= 0.3 is 5.97 Å². The minimum Gasteiger partial charge on any atom is -0.507 e. The van der Waals surface area contributed by atoms with Crippen LogP contribution in [0.2, 0.25) is 0 Å². The quantitative estimate of drug-likeness (QED) is 0.234. The van der Waals surface area contributed by atoms with E-state index in [0.717, 1.165) is 5.56 Å². The molecule has 0 aliphatic carbocycles. The zero-order chi connectivity index (χ0) is 22.4. The van der Waals surface area contributed by atoms with Gasteiger partial charge in [0.05, 0.1) is 28.9 Å². The number of hydrogen-bond donors (Lipinski definition) is 2. The van der Waals surface area contributed by atoms with Crippen LogP contribution in [-0.4, -0.2) is 30.3 Å². The van der Waals surface area contributed by atoms with Crippen LogP contribution in [0.3, 0.4) is 0 Å². The van der Waals surface area contributed by atoms with Gasteiger partial charge in [-0.3, -0.25) is 4.79 Å². The van der Waals surface area contributed by atoms with E-state index in [2.05, 4.69) is 26.5 Å². The molecule has 0 fully saturated rings. The van der Waals surface area contributed by atoms with Crippen LogP contribution < -0.4 is 14.9 Å². The predicted octanol–water partition coefficient (Wildman–Crippen LogP) is 4.45. The Morgan fingerprint density at radius 3 is 2.48 bits per heavy atom. The molecule has 3 aromatic carbocycles. The molecule has 0 unspecified atom stereocenters. The van der Waals surface area contributed by atoms with E-state index >= 15 is 0 Å². The summed E-state index contributed by atoms with van der Waals surface area (Å²) in [5, 5.41) is 13.6. The summed E-state index contributed by atoms with van der Waals surface area (Å²) in [5.41, 5.74) is 4.48. The Bertz CT molecular complexity index is 1140. The van der Waals surface area contributed by atoms with Gasteiger partial charge in [0.1, 0.15) is 5.75 Å². The number of aryl methyl sites for hydroxylation is 1. The van der Waals surface area contributed by atoms with Crippen molar-refractivity contribution in [3.63, 3.8) is 0 Å². The Morgan fingerprint density at radius 1 is 1.10 bits per heavy atom. The minimum atomic E-state index is -0.552. The second kappa shape index (κ2) is 9.90. The van der Waals surface area contributed by atoms with Gasteiger partial charge in [0.25, 0.3) is 5.91 Å². The summed E-state index contributed by atoms with van der Waals surface area (Å²) < 4.78 is 11.3. The molecule has 7 nitrogen and oxygen atoms in total. The lowest BCUT2D eigenvalue weighted by Gasteiger charge is -2.12. The first-order valence-corrected chi connectivity index (χ1v) is 9.96. The molecule has 0 spiro atoms. The molecule has 3 rings (SSSR count). The Balaban J connectivity index is 1.75. The number of esters is 1. The monoisotopic (exact) mass is 482 g/mol. The number of nitrogens with one attached hydrogen (secondary N) is 1. The molecule has 0 radical (unpaired) electrons. The molecule has 0 aromatic heterocycles. The lowest BCUT2D eigenvalue weighted by Crippen LogP contribution is -2.17. The van der Waals surface area contributed by atoms with Gasteiger partial charge in [-0.05, 0) is 64.8 Å². The average molecular weight is 483 g/mol. The van der Waals surface area contributed by atoms with Gasteiger partial charge in [0.2, 0.25) is 0 Å². The third-order valence-electron chi connectivity index (χ3n) is 4.26. The summed E-state index contributed by atoms with van der Waals surface area (Å²) in [7, 11) is 1.45. The highest BCUT2D eigenvalue weighted by Crippen LogP contribution is 2.36. The molecule has 3 aromatic rings. The summed E-state index contributed by atoms with van der Waals surface area (Å²) in [5.74, 6) is -0.675. The van der Waals surface area contributed by atoms with Crippen molar-refractivity contribution in [2.75, 3.05) is 7.11 Å². The first-order valence-electron chi connectivity index (χ1n) is 9.17. The SMILES string of the molecule is COc1cc(/C=N\NC(=O)c2ccccc2O)cc(Br)c1OC(=O)c1ccc(C)cc1. The Hall–Kier alpha value is -3.65. The number of phenols is 1. The number of ether oxygens (including phenoxy) is 2. The van der Waals surface area contributed by atoms with Crippen LogP contribution in [-0.2, 0) is 0 Å². The van der Waals surface area contributed by atoms with Crippen LogP contribution in [0.1, 0.15) is 31.8 Å². The lowest BCUT2D eigenvalue weighted by atomic mass is 10.1. The van der Waals surface area contributed by atoms with Gasteiger partial charge in [-0.25, -0.2) is 10.2 Å². The van der Waals surface area contributed by atoms with E-state index in [4.69, 9.17) is 9.47 Å². The number of hydrazone groups is 1. The summed E-state index contributed by atoms with van der Waals surface area (Å²) in [4.78, 5) is 24.5. The predicted molar refractivity (Wildman–Crippen MR) is 120 cm³/mol.